The second-order valence-corrected chi connectivity index (χ2v) is 7.45. The van der Waals surface area contributed by atoms with Gasteiger partial charge in [0.2, 0.25) is 12.3 Å². The fraction of sp³-hybridized carbons (Fsp3) is 0.261. The molecule has 5 rings (SSSR count). The zero-order valence-electron chi connectivity index (χ0n) is 17.0. The number of anilines is 4. The number of ether oxygens (including phenoxy) is 1. The lowest BCUT2D eigenvalue weighted by atomic mass is 10.0. The second kappa shape index (κ2) is 7.54. The van der Waals surface area contributed by atoms with Gasteiger partial charge in [-0.2, -0.15) is 4.98 Å². The number of hydrogen-bond acceptors (Lipinski definition) is 8. The number of aliphatic hydroxyl groups is 1. The summed E-state index contributed by atoms with van der Waals surface area (Å²) in [6.45, 7) is 2.46. The van der Waals surface area contributed by atoms with Gasteiger partial charge in [0.1, 0.15) is 5.82 Å². The summed E-state index contributed by atoms with van der Waals surface area (Å²) in [7, 11) is 0. The van der Waals surface area contributed by atoms with E-state index in [1.165, 1.54) is 0 Å². The third-order valence-corrected chi connectivity index (χ3v) is 5.45. The molecule has 0 saturated carbocycles. The molecule has 0 fully saturated rings. The van der Waals surface area contributed by atoms with Crippen LogP contribution < -0.4 is 16.0 Å². The Labute approximate surface area is 180 Å². The van der Waals surface area contributed by atoms with Gasteiger partial charge in [0.25, 0.3) is 0 Å². The number of fused-ring (bicyclic) bond motifs is 2. The molecule has 0 bridgehead atoms. The first-order valence-electron chi connectivity index (χ1n) is 10.2. The van der Waals surface area contributed by atoms with Crippen molar-refractivity contribution in [3.8, 4) is 11.8 Å². The number of benzene rings is 1. The zero-order valence-corrected chi connectivity index (χ0v) is 17.0. The molecule has 1 aliphatic carbocycles. The predicted octanol–water partition coefficient (Wildman–Crippen LogP) is 2.52. The molecule has 8 heteroatoms. The molecule has 0 amide bonds. The average molecular weight is 414 g/mol. The molecule has 0 radical (unpaired) electrons. The van der Waals surface area contributed by atoms with E-state index in [0.717, 1.165) is 28.9 Å². The van der Waals surface area contributed by atoms with E-state index in [1.807, 2.05) is 42.2 Å². The Morgan fingerprint density at radius 3 is 3.03 bits per heavy atom. The van der Waals surface area contributed by atoms with Crippen molar-refractivity contribution in [2.45, 2.75) is 31.7 Å². The highest BCUT2D eigenvalue weighted by Gasteiger charge is 2.36. The van der Waals surface area contributed by atoms with Crippen LogP contribution in [0.4, 0.5) is 23.1 Å². The maximum atomic E-state index is 11.1. The van der Waals surface area contributed by atoms with E-state index < -0.39 is 12.0 Å². The van der Waals surface area contributed by atoms with Gasteiger partial charge >= 0.3 is 0 Å². The van der Waals surface area contributed by atoms with Crippen molar-refractivity contribution in [3.63, 3.8) is 0 Å². The molecule has 2 aliphatic rings. The van der Waals surface area contributed by atoms with E-state index in [4.69, 9.17) is 10.5 Å². The highest BCUT2D eigenvalue weighted by atomic mass is 16.5. The Morgan fingerprint density at radius 1 is 1.29 bits per heavy atom. The third kappa shape index (κ3) is 3.44. The number of nitrogens with zero attached hydrogens (tertiary/aromatic N) is 4. The van der Waals surface area contributed by atoms with Gasteiger partial charge in [-0.3, -0.25) is 9.88 Å². The van der Waals surface area contributed by atoms with Crippen molar-refractivity contribution in [1.29, 1.82) is 0 Å². The SMILES string of the molecule is CCOC1Nc2ccc(C#CC3(O)CCc4cccnc43)cc2N1c1ccnc(N)n1. The first-order valence-corrected chi connectivity index (χ1v) is 10.2. The van der Waals surface area contributed by atoms with E-state index in [1.54, 1.807) is 18.5 Å². The zero-order chi connectivity index (χ0) is 21.4. The highest BCUT2D eigenvalue weighted by molar-refractivity contribution is 5.82. The van der Waals surface area contributed by atoms with Crippen molar-refractivity contribution in [2.24, 2.45) is 0 Å². The van der Waals surface area contributed by atoms with Crippen molar-refractivity contribution in [2.75, 3.05) is 22.6 Å². The van der Waals surface area contributed by atoms with Crippen LogP contribution >= 0.6 is 0 Å². The Balaban J connectivity index is 1.51. The number of rotatable bonds is 3. The number of pyridine rings is 1. The lowest BCUT2D eigenvalue weighted by Crippen LogP contribution is -2.35. The molecule has 0 saturated heterocycles. The van der Waals surface area contributed by atoms with E-state index in [0.29, 0.717) is 24.5 Å². The Hall–Kier alpha value is -3.67. The van der Waals surface area contributed by atoms with Gasteiger partial charge in [-0.05, 0) is 55.7 Å². The standard InChI is InChI=1S/C23H22N6O2/c1-2-31-22-27-17-6-5-15(14-18(17)29(22)19-9-13-26-21(24)28-19)7-10-23(30)11-8-16-4-3-12-25-20(16)23/h3-6,9,12-14,22,27,30H,2,8,11H2,1H3,(H2,24,26,28). The second-order valence-electron chi connectivity index (χ2n) is 7.45. The summed E-state index contributed by atoms with van der Waals surface area (Å²) in [6.07, 6.45) is 4.19. The molecule has 3 heterocycles. The number of nitrogens with one attached hydrogen (secondary N) is 1. The average Bonchev–Trinajstić information content (AvgIpc) is 3.30. The molecule has 156 valence electrons. The predicted molar refractivity (Wildman–Crippen MR) is 117 cm³/mol. The summed E-state index contributed by atoms with van der Waals surface area (Å²) in [5.41, 5.74) is 8.79. The minimum absolute atomic E-state index is 0.187. The van der Waals surface area contributed by atoms with Gasteiger partial charge < -0.3 is 20.9 Å². The Kier molecular flexibility index (Phi) is 4.70. The van der Waals surface area contributed by atoms with E-state index in [2.05, 4.69) is 32.1 Å². The lowest BCUT2D eigenvalue weighted by Gasteiger charge is -2.25. The first-order chi connectivity index (χ1) is 15.1. The minimum Gasteiger partial charge on any atom is -0.372 e. The van der Waals surface area contributed by atoms with Crippen LogP contribution in [0.15, 0.2) is 48.8 Å². The van der Waals surface area contributed by atoms with Gasteiger partial charge in [0.15, 0.2) is 5.60 Å². The Bertz CT molecular complexity index is 1200. The third-order valence-electron chi connectivity index (χ3n) is 5.45. The van der Waals surface area contributed by atoms with Crippen LogP contribution in [0, 0.1) is 11.8 Å². The van der Waals surface area contributed by atoms with Crippen LogP contribution in [0.2, 0.25) is 0 Å². The molecule has 4 N–H and O–H groups in total. The monoisotopic (exact) mass is 414 g/mol. The fourth-order valence-electron chi connectivity index (χ4n) is 4.01. The van der Waals surface area contributed by atoms with Gasteiger partial charge in [-0.25, -0.2) is 4.98 Å². The Morgan fingerprint density at radius 2 is 2.19 bits per heavy atom. The summed E-state index contributed by atoms with van der Waals surface area (Å²) >= 11 is 0. The van der Waals surface area contributed by atoms with Crippen LogP contribution in [-0.4, -0.2) is 33.0 Å². The normalized spacial score (nSPS) is 21.1. The highest BCUT2D eigenvalue weighted by Crippen LogP contribution is 2.40. The summed E-state index contributed by atoms with van der Waals surface area (Å²) in [5.74, 6) is 6.99. The topological polar surface area (TPSA) is 109 Å². The molecule has 2 atom stereocenters. The van der Waals surface area contributed by atoms with Crippen molar-refractivity contribution < 1.29 is 9.84 Å². The van der Waals surface area contributed by atoms with E-state index >= 15 is 0 Å². The first kappa shape index (κ1) is 19.3. The molecule has 1 aromatic carbocycles. The number of nitrogens with two attached hydrogens (primary N) is 1. The van der Waals surface area contributed by atoms with Crippen LogP contribution in [0.25, 0.3) is 0 Å². The van der Waals surface area contributed by atoms with Crippen LogP contribution in [0.3, 0.4) is 0 Å². The summed E-state index contributed by atoms with van der Waals surface area (Å²) < 4.78 is 5.86. The summed E-state index contributed by atoms with van der Waals surface area (Å²) in [6, 6.07) is 11.5. The minimum atomic E-state index is -1.23. The maximum Gasteiger partial charge on any atom is 0.221 e. The van der Waals surface area contributed by atoms with Crippen molar-refractivity contribution >= 4 is 23.1 Å². The van der Waals surface area contributed by atoms with Crippen molar-refractivity contribution in [1.82, 2.24) is 15.0 Å². The van der Waals surface area contributed by atoms with Gasteiger partial charge in [0.05, 0.1) is 17.1 Å². The van der Waals surface area contributed by atoms with E-state index in [9.17, 15) is 5.11 Å². The smallest absolute Gasteiger partial charge is 0.221 e. The number of hydrogen-bond donors (Lipinski definition) is 3. The lowest BCUT2D eigenvalue weighted by molar-refractivity contribution is 0.0909. The fourth-order valence-corrected chi connectivity index (χ4v) is 4.01. The molecule has 8 nitrogen and oxygen atoms in total. The van der Waals surface area contributed by atoms with Gasteiger partial charge in [-0.1, -0.05) is 17.9 Å². The van der Waals surface area contributed by atoms with Gasteiger partial charge in [0, 0.05) is 24.6 Å². The summed E-state index contributed by atoms with van der Waals surface area (Å²) in [5, 5.41) is 14.4. The molecule has 3 aromatic rings. The number of nitrogen functional groups attached to an aromatic ring is 1. The largest absolute Gasteiger partial charge is 0.372 e. The molecule has 2 unspecified atom stereocenters. The molecule has 0 spiro atoms. The van der Waals surface area contributed by atoms with Crippen molar-refractivity contribution in [3.05, 3.63) is 65.6 Å². The van der Waals surface area contributed by atoms with Crippen LogP contribution in [0.1, 0.15) is 30.2 Å². The van der Waals surface area contributed by atoms with Crippen LogP contribution in [-0.2, 0) is 16.8 Å². The molecular formula is C23H22N6O2. The maximum absolute atomic E-state index is 11.1. The molecule has 2 aromatic heterocycles. The molecule has 31 heavy (non-hydrogen) atoms. The van der Waals surface area contributed by atoms with E-state index in [-0.39, 0.29) is 5.95 Å². The molecule has 1 aliphatic heterocycles. The molecular weight excluding hydrogens is 392 g/mol. The van der Waals surface area contributed by atoms with Gasteiger partial charge in [-0.15, -0.1) is 0 Å². The quantitative estimate of drug-likeness (QED) is 0.561. The van der Waals surface area contributed by atoms with Crippen LogP contribution in [0.5, 0.6) is 0 Å². The number of aryl methyl sites for hydroxylation is 1. The summed E-state index contributed by atoms with van der Waals surface area (Å²) in [4.78, 5) is 14.6. The number of aromatic nitrogens is 3.